The molecule has 3 aromatic carbocycles. The van der Waals surface area contributed by atoms with Crippen molar-refractivity contribution in [2.45, 2.75) is 31.0 Å². The fourth-order valence-corrected chi connectivity index (χ4v) is 3.80. The van der Waals surface area contributed by atoms with Crippen LogP contribution in [0.5, 0.6) is 11.5 Å². The molecule has 30 heavy (non-hydrogen) atoms. The zero-order valence-corrected chi connectivity index (χ0v) is 18.2. The Morgan fingerprint density at radius 1 is 0.833 bits per heavy atom. The van der Waals surface area contributed by atoms with Crippen LogP contribution in [0.3, 0.4) is 0 Å². The second-order valence-corrected chi connectivity index (χ2v) is 7.68. The number of carbonyl (C=O) groups is 1. The van der Waals surface area contributed by atoms with Crippen molar-refractivity contribution in [3.05, 3.63) is 89.5 Å². The first-order valence-corrected chi connectivity index (χ1v) is 11.1. The maximum atomic E-state index is 12.5. The monoisotopic (exact) mass is 421 g/mol. The quantitative estimate of drug-likeness (QED) is 0.426. The summed E-state index contributed by atoms with van der Waals surface area (Å²) in [6, 6.07) is 23.8. The van der Waals surface area contributed by atoms with Crippen molar-refractivity contribution < 1.29 is 14.3 Å². The number of nitrogens with one attached hydrogen (secondary N) is 1. The number of hydrogen-bond acceptors (Lipinski definition) is 4. The lowest BCUT2D eigenvalue weighted by Crippen LogP contribution is -2.22. The van der Waals surface area contributed by atoms with Crippen LogP contribution in [0.15, 0.2) is 77.7 Å². The van der Waals surface area contributed by atoms with Gasteiger partial charge in [0, 0.05) is 22.8 Å². The van der Waals surface area contributed by atoms with Gasteiger partial charge in [-0.25, -0.2) is 0 Å². The fourth-order valence-electron chi connectivity index (χ4n) is 2.93. The number of carbonyl (C=O) groups excluding carboxylic acids is 1. The Morgan fingerprint density at radius 3 is 2.20 bits per heavy atom. The minimum absolute atomic E-state index is 0.0934. The van der Waals surface area contributed by atoms with Gasteiger partial charge < -0.3 is 14.8 Å². The zero-order valence-electron chi connectivity index (χ0n) is 17.4. The number of thioether (sulfide) groups is 1. The second kappa shape index (κ2) is 11.3. The highest BCUT2D eigenvalue weighted by atomic mass is 32.2. The molecule has 1 amide bonds. The van der Waals surface area contributed by atoms with Crippen LogP contribution in [0.1, 0.15) is 35.3 Å². The first kappa shape index (κ1) is 21.8. The highest BCUT2D eigenvalue weighted by molar-refractivity contribution is 7.98. The predicted molar refractivity (Wildman–Crippen MR) is 122 cm³/mol. The van der Waals surface area contributed by atoms with Crippen molar-refractivity contribution >= 4 is 17.7 Å². The molecule has 0 bridgehead atoms. The molecule has 0 saturated carbocycles. The van der Waals surface area contributed by atoms with Gasteiger partial charge in [0.2, 0.25) is 0 Å². The normalized spacial score (nSPS) is 10.5. The van der Waals surface area contributed by atoms with Crippen molar-refractivity contribution in [3.63, 3.8) is 0 Å². The number of hydrogen-bond donors (Lipinski definition) is 1. The average Bonchev–Trinajstić information content (AvgIpc) is 2.79. The van der Waals surface area contributed by atoms with E-state index < -0.39 is 0 Å². The second-order valence-electron chi connectivity index (χ2n) is 6.63. The molecule has 0 aromatic heterocycles. The van der Waals surface area contributed by atoms with E-state index in [9.17, 15) is 4.79 Å². The molecule has 3 rings (SSSR count). The predicted octanol–water partition coefficient (Wildman–Crippen LogP) is 5.71. The molecule has 0 aliphatic heterocycles. The van der Waals surface area contributed by atoms with Crippen LogP contribution < -0.4 is 14.8 Å². The van der Waals surface area contributed by atoms with Gasteiger partial charge >= 0.3 is 0 Å². The molecule has 3 aromatic rings. The Balaban J connectivity index is 1.55. The van der Waals surface area contributed by atoms with Crippen LogP contribution in [0.4, 0.5) is 0 Å². The molecule has 0 atom stereocenters. The van der Waals surface area contributed by atoms with Crippen LogP contribution in [0.2, 0.25) is 0 Å². The van der Waals surface area contributed by atoms with E-state index in [-0.39, 0.29) is 5.91 Å². The number of ether oxygens (including phenoxy) is 2. The van der Waals surface area contributed by atoms with E-state index >= 15 is 0 Å². The van der Waals surface area contributed by atoms with Gasteiger partial charge in [0.1, 0.15) is 0 Å². The summed E-state index contributed by atoms with van der Waals surface area (Å²) in [5.74, 6) is 2.20. The average molecular weight is 422 g/mol. The van der Waals surface area contributed by atoms with Crippen LogP contribution in [0, 0.1) is 0 Å². The number of amides is 1. The van der Waals surface area contributed by atoms with Crippen molar-refractivity contribution in [1.29, 1.82) is 0 Å². The van der Waals surface area contributed by atoms with Crippen molar-refractivity contribution in [2.75, 3.05) is 13.2 Å². The number of benzene rings is 3. The smallest absolute Gasteiger partial charge is 0.251 e. The molecule has 1 N–H and O–H groups in total. The molecule has 5 heteroatoms. The van der Waals surface area contributed by atoms with E-state index in [0.717, 1.165) is 17.1 Å². The topological polar surface area (TPSA) is 47.6 Å². The number of rotatable bonds is 10. The van der Waals surface area contributed by atoms with Crippen LogP contribution in [-0.2, 0) is 12.3 Å². The fraction of sp³-hybridized carbons (Fsp3) is 0.240. The van der Waals surface area contributed by atoms with Crippen LogP contribution in [0.25, 0.3) is 0 Å². The summed E-state index contributed by atoms with van der Waals surface area (Å²) in [6.07, 6.45) is 0. The minimum Gasteiger partial charge on any atom is -0.490 e. The molecule has 0 heterocycles. The van der Waals surface area contributed by atoms with E-state index in [1.807, 2.05) is 74.5 Å². The lowest BCUT2D eigenvalue weighted by atomic mass is 10.1. The summed E-state index contributed by atoms with van der Waals surface area (Å²) in [7, 11) is 0. The van der Waals surface area contributed by atoms with Gasteiger partial charge in [-0.3, -0.25) is 4.79 Å². The summed E-state index contributed by atoms with van der Waals surface area (Å²) < 4.78 is 11.2. The van der Waals surface area contributed by atoms with Gasteiger partial charge in [-0.1, -0.05) is 36.4 Å². The lowest BCUT2D eigenvalue weighted by molar-refractivity contribution is 0.0951. The Bertz CT molecular complexity index is 942. The molecule has 4 nitrogen and oxygen atoms in total. The molecular weight excluding hydrogens is 394 g/mol. The molecular formula is C25H27NO3S. The SMILES string of the molecule is CCOc1ccc(CNC(=O)c2ccc(CSc3ccccc3)cc2)cc1OCC. The third kappa shape index (κ3) is 6.29. The largest absolute Gasteiger partial charge is 0.490 e. The van der Waals surface area contributed by atoms with E-state index in [1.54, 1.807) is 11.8 Å². The third-order valence-corrected chi connectivity index (χ3v) is 5.51. The van der Waals surface area contributed by atoms with Gasteiger partial charge in [0.15, 0.2) is 11.5 Å². The molecule has 0 spiro atoms. The van der Waals surface area contributed by atoms with Crippen molar-refractivity contribution in [1.82, 2.24) is 5.32 Å². The maximum Gasteiger partial charge on any atom is 0.251 e. The van der Waals surface area contributed by atoms with Crippen LogP contribution >= 0.6 is 11.8 Å². The standard InChI is InChI=1S/C25H27NO3S/c1-3-28-23-15-12-20(16-24(23)29-4-2)17-26-25(27)21-13-10-19(11-14-21)18-30-22-8-6-5-7-9-22/h5-16H,3-4,17-18H2,1-2H3,(H,26,27). The first-order valence-electron chi connectivity index (χ1n) is 10.1. The van der Waals surface area contributed by atoms with Gasteiger partial charge in [0.25, 0.3) is 5.91 Å². The zero-order chi connectivity index (χ0) is 21.2. The Labute approximate surface area is 182 Å². The highest BCUT2D eigenvalue weighted by Crippen LogP contribution is 2.28. The summed E-state index contributed by atoms with van der Waals surface area (Å²) in [4.78, 5) is 13.8. The summed E-state index contributed by atoms with van der Waals surface area (Å²) in [5, 5.41) is 2.97. The highest BCUT2D eigenvalue weighted by Gasteiger charge is 2.09. The van der Waals surface area contributed by atoms with Gasteiger partial charge in [-0.15, -0.1) is 11.8 Å². The summed E-state index contributed by atoms with van der Waals surface area (Å²) in [6.45, 7) is 5.44. The van der Waals surface area contributed by atoms with Crippen molar-refractivity contribution in [3.8, 4) is 11.5 Å². The van der Waals surface area contributed by atoms with E-state index in [2.05, 4.69) is 17.4 Å². The molecule has 0 saturated heterocycles. The van der Waals surface area contributed by atoms with E-state index in [1.165, 1.54) is 10.5 Å². The molecule has 0 fully saturated rings. The minimum atomic E-state index is -0.0934. The van der Waals surface area contributed by atoms with Gasteiger partial charge in [-0.05, 0) is 61.4 Å². The molecule has 0 unspecified atom stereocenters. The Hall–Kier alpha value is -2.92. The Kier molecular flexibility index (Phi) is 8.21. The van der Waals surface area contributed by atoms with E-state index in [0.29, 0.717) is 31.1 Å². The van der Waals surface area contributed by atoms with Gasteiger partial charge in [0.05, 0.1) is 13.2 Å². The maximum absolute atomic E-state index is 12.5. The van der Waals surface area contributed by atoms with E-state index in [4.69, 9.17) is 9.47 Å². The van der Waals surface area contributed by atoms with Crippen LogP contribution in [-0.4, -0.2) is 19.1 Å². The molecule has 156 valence electrons. The molecule has 0 radical (unpaired) electrons. The molecule has 0 aliphatic rings. The summed E-state index contributed by atoms with van der Waals surface area (Å²) in [5.41, 5.74) is 2.80. The Morgan fingerprint density at radius 2 is 1.50 bits per heavy atom. The first-order chi connectivity index (χ1) is 14.7. The molecule has 0 aliphatic carbocycles. The van der Waals surface area contributed by atoms with Crippen molar-refractivity contribution in [2.24, 2.45) is 0 Å². The third-order valence-electron chi connectivity index (χ3n) is 4.43. The summed E-state index contributed by atoms with van der Waals surface area (Å²) >= 11 is 1.78. The lowest BCUT2D eigenvalue weighted by Gasteiger charge is -2.13. The van der Waals surface area contributed by atoms with Gasteiger partial charge in [-0.2, -0.15) is 0 Å².